The van der Waals surface area contributed by atoms with E-state index in [1.54, 1.807) is 4.40 Å². The van der Waals surface area contributed by atoms with Gasteiger partial charge in [-0.05, 0) is 38.5 Å². The molecule has 0 bridgehead atoms. The van der Waals surface area contributed by atoms with Gasteiger partial charge in [0.1, 0.15) is 5.58 Å². The van der Waals surface area contributed by atoms with Crippen molar-refractivity contribution in [2.45, 2.75) is 96.3 Å². The van der Waals surface area contributed by atoms with Crippen molar-refractivity contribution in [3.63, 3.8) is 0 Å². The van der Waals surface area contributed by atoms with Gasteiger partial charge in [-0.25, -0.2) is 0 Å². The molecule has 10 rings (SSSR count). The van der Waals surface area contributed by atoms with E-state index in [-0.39, 0.29) is 20.1 Å². The van der Waals surface area contributed by atoms with E-state index in [0.29, 0.717) is 5.92 Å². The van der Waals surface area contributed by atoms with Crippen LogP contribution in [-0.4, -0.2) is 37.8 Å². The molecule has 1 aliphatic carbocycles. The molecule has 0 atom stereocenters. The molecule has 4 aromatic carbocycles. The molecule has 8 heteroatoms. The van der Waals surface area contributed by atoms with E-state index in [1.165, 1.54) is 48.8 Å². The van der Waals surface area contributed by atoms with Gasteiger partial charge in [-0.15, -0.1) is 18.2 Å². The molecule has 1 aliphatic rings. The summed E-state index contributed by atoms with van der Waals surface area (Å²) < 4.78 is 10.3. The molecule has 5 aromatic heterocycles. The number of imidazole rings is 1. The van der Waals surface area contributed by atoms with E-state index < -0.39 is 13.3 Å². The van der Waals surface area contributed by atoms with Gasteiger partial charge >= 0.3 is 163 Å². The van der Waals surface area contributed by atoms with E-state index in [2.05, 4.69) is 137 Å². The summed E-state index contributed by atoms with van der Waals surface area (Å²) in [5.74, 6) is 9.58. The minimum absolute atomic E-state index is 0. The Labute approximate surface area is 394 Å². The molecule has 9 aromatic rings. The van der Waals surface area contributed by atoms with Crippen LogP contribution in [0.25, 0.3) is 72.4 Å². The first-order valence-electron chi connectivity index (χ1n) is 22.7. The quantitative estimate of drug-likeness (QED) is 0.112. The van der Waals surface area contributed by atoms with Crippen molar-refractivity contribution in [1.82, 2.24) is 24.5 Å². The molecule has 0 aliphatic heterocycles. The number of rotatable bonds is 8. The van der Waals surface area contributed by atoms with Crippen molar-refractivity contribution in [3.8, 4) is 39.5 Å². The third-order valence-corrected chi connectivity index (χ3v) is 16.9. The Morgan fingerprint density at radius 3 is 2.31 bits per heavy atom. The van der Waals surface area contributed by atoms with Gasteiger partial charge in [0.25, 0.3) is 0 Å². The normalized spacial score (nSPS) is 13.3. The summed E-state index contributed by atoms with van der Waals surface area (Å²) in [6.07, 6.45) is 12.0. The summed E-state index contributed by atoms with van der Waals surface area (Å²) in [5.41, 5.74) is 15.6. The zero-order chi connectivity index (χ0) is 43.8. The van der Waals surface area contributed by atoms with Gasteiger partial charge < -0.3 is 8.98 Å². The Kier molecular flexibility index (Phi) is 13.5. The standard InChI is InChI=1S/C32H23N4O.C24H34GeN.Ir/c1-19-18-28-29(20(2)34-19)24-13-9-14-25(31(24)37-28)32-35-30-21(3)33-17-16-27(30)36(32)26-15-8-7-12-23(26)22-10-5-4-6-11-22;1-18(2)14-22-16-24(26-17-23(22)25(3,4)5)21-13-9-12-20(15-21)19-10-7-6-8-11-19;/h4-13,15-18H,1-3H3;9,12,15-19H,6-8,10-11,14H2,1-5H3;/q2*-1;. The van der Waals surface area contributed by atoms with Gasteiger partial charge in [0.2, 0.25) is 0 Å². The predicted octanol–water partition coefficient (Wildman–Crippen LogP) is 14.1. The maximum absolute atomic E-state index is 6.49. The number of fused-ring (bicyclic) bond motifs is 4. The summed E-state index contributed by atoms with van der Waals surface area (Å²) in [6.45, 7) is 10.6. The molecule has 1 fully saturated rings. The van der Waals surface area contributed by atoms with Crippen LogP contribution in [0.4, 0.5) is 0 Å². The van der Waals surface area contributed by atoms with Crippen LogP contribution in [0.2, 0.25) is 17.3 Å². The molecular formula is C56H57GeIrN5O-2. The molecule has 0 spiro atoms. The largest absolute Gasteiger partial charge is 0.500 e. The summed E-state index contributed by atoms with van der Waals surface area (Å²) in [4.78, 5) is 19.2. The fourth-order valence-electron chi connectivity index (χ4n) is 9.59. The average molecular weight is 1080 g/mol. The van der Waals surface area contributed by atoms with Gasteiger partial charge in [0, 0.05) is 60.4 Å². The number of hydrogen-bond acceptors (Lipinski definition) is 5. The number of pyridine rings is 3. The summed E-state index contributed by atoms with van der Waals surface area (Å²) in [7, 11) is 0. The third kappa shape index (κ3) is 9.18. The van der Waals surface area contributed by atoms with Gasteiger partial charge in [0.05, 0.1) is 28.1 Å². The molecule has 6 nitrogen and oxygen atoms in total. The van der Waals surface area contributed by atoms with E-state index in [4.69, 9.17) is 14.4 Å². The molecule has 0 amide bonds. The second kappa shape index (κ2) is 19.1. The number of furan rings is 1. The Balaban J connectivity index is 0.000000184. The Bertz CT molecular complexity index is 3080. The fourth-order valence-corrected chi connectivity index (χ4v) is 12.9. The van der Waals surface area contributed by atoms with Crippen LogP contribution in [-0.2, 0) is 26.5 Å². The Morgan fingerprint density at radius 1 is 0.797 bits per heavy atom. The second-order valence-electron chi connectivity index (χ2n) is 18.8. The molecule has 64 heavy (non-hydrogen) atoms. The third-order valence-electron chi connectivity index (χ3n) is 12.5. The summed E-state index contributed by atoms with van der Waals surface area (Å²) >= 11 is -1.91. The van der Waals surface area contributed by atoms with E-state index >= 15 is 0 Å². The van der Waals surface area contributed by atoms with Gasteiger partial charge in [-0.2, -0.15) is 0 Å². The van der Waals surface area contributed by atoms with Crippen LogP contribution >= 0.6 is 0 Å². The number of nitrogens with zero attached hydrogens (tertiary/aromatic N) is 5. The van der Waals surface area contributed by atoms with Crippen molar-refractivity contribution in [3.05, 3.63) is 156 Å². The van der Waals surface area contributed by atoms with E-state index in [1.807, 2.05) is 57.3 Å². The predicted molar refractivity (Wildman–Crippen MR) is 264 cm³/mol. The number of benzene rings is 4. The van der Waals surface area contributed by atoms with Crippen LogP contribution in [0.5, 0.6) is 0 Å². The zero-order valence-corrected chi connectivity index (χ0v) is 42.8. The minimum Gasteiger partial charge on any atom is -0.500 e. The molecule has 327 valence electrons. The molecule has 5 heterocycles. The van der Waals surface area contributed by atoms with Crippen molar-refractivity contribution < 1.29 is 24.5 Å². The average Bonchev–Trinajstić information content (AvgIpc) is 3.86. The van der Waals surface area contributed by atoms with Crippen molar-refractivity contribution >= 4 is 50.6 Å². The van der Waals surface area contributed by atoms with Crippen molar-refractivity contribution in [2.75, 3.05) is 0 Å². The smallest absolute Gasteiger partial charge is 0.124 e. The van der Waals surface area contributed by atoms with Crippen LogP contribution in [0.1, 0.15) is 80.1 Å². The van der Waals surface area contributed by atoms with Gasteiger partial charge in [-0.3, -0.25) is 15.0 Å². The van der Waals surface area contributed by atoms with E-state index in [9.17, 15) is 0 Å². The summed E-state index contributed by atoms with van der Waals surface area (Å²) in [6, 6.07) is 42.9. The monoisotopic (exact) mass is 1080 g/mol. The molecule has 0 saturated heterocycles. The second-order valence-corrected chi connectivity index (χ2v) is 29.4. The summed E-state index contributed by atoms with van der Waals surface area (Å²) in [5, 5.41) is 2.04. The van der Waals surface area contributed by atoms with Gasteiger partial charge in [-0.1, -0.05) is 59.5 Å². The molecule has 1 saturated carbocycles. The first-order chi connectivity index (χ1) is 30.4. The van der Waals surface area contributed by atoms with Crippen LogP contribution in [0, 0.1) is 38.8 Å². The maximum Gasteiger partial charge on any atom is 0.124 e. The van der Waals surface area contributed by atoms with Crippen LogP contribution in [0.3, 0.4) is 0 Å². The molecular weight excluding hydrogens is 1020 g/mol. The molecule has 0 unspecified atom stereocenters. The first kappa shape index (κ1) is 45.4. The molecule has 0 N–H and O–H groups in total. The number of hydrogen-bond donors (Lipinski definition) is 0. The van der Waals surface area contributed by atoms with E-state index in [0.717, 1.165) is 96.3 Å². The van der Waals surface area contributed by atoms with Crippen molar-refractivity contribution in [2.24, 2.45) is 5.92 Å². The zero-order valence-electron chi connectivity index (χ0n) is 38.3. The topological polar surface area (TPSA) is 69.6 Å². The SMILES string of the molecule is CC(C)Cc1cc(-c2[c-]ccc(C3CCCCC3)c2)nc[c]1[Ge]([CH3])([CH3])[CH3].Cc1cc2oc3c(-c4nc5c(C)nccc5n4-c4ccccc4-c4ccccc4)[c-]ccc3c2c(C)n1.[Ir]. The number of aromatic nitrogens is 5. The molecule has 1 radical (unpaired) electrons. The number of para-hydroxylation sites is 1. The minimum atomic E-state index is -1.91. The first-order valence-corrected chi connectivity index (χ1v) is 30.0. The fraction of sp³-hybridized carbons (Fsp3) is 0.286. The maximum atomic E-state index is 6.49. The van der Waals surface area contributed by atoms with Gasteiger partial charge in [0.15, 0.2) is 0 Å². The number of aryl methyl sites for hydroxylation is 3. The Hall–Kier alpha value is -5.21. The Morgan fingerprint density at radius 2 is 1.55 bits per heavy atom. The van der Waals surface area contributed by atoms with Crippen molar-refractivity contribution in [1.29, 1.82) is 0 Å². The van der Waals surface area contributed by atoms with Crippen LogP contribution in [0.15, 0.2) is 120 Å². The van der Waals surface area contributed by atoms with Crippen LogP contribution < -0.4 is 4.40 Å².